The Hall–Kier alpha value is -3.01. The summed E-state index contributed by atoms with van der Waals surface area (Å²) in [5.41, 5.74) is 7.80. The first kappa shape index (κ1) is 18.8. The molecule has 4 nitrogen and oxygen atoms in total. The van der Waals surface area contributed by atoms with Crippen LogP contribution >= 0.6 is 0 Å². The SMILES string of the molecule is CCc1ccccc1NC(=O)NCc1cc(C)n(-c2cccc(C)c2)c1C. The van der Waals surface area contributed by atoms with Crippen LogP contribution in [0.2, 0.25) is 0 Å². The lowest BCUT2D eigenvalue weighted by molar-refractivity contribution is 0.251. The minimum atomic E-state index is -0.184. The van der Waals surface area contributed by atoms with Crippen LogP contribution < -0.4 is 10.6 Å². The van der Waals surface area contributed by atoms with E-state index in [0.29, 0.717) is 6.54 Å². The molecule has 2 aromatic carbocycles. The van der Waals surface area contributed by atoms with Gasteiger partial charge in [0.25, 0.3) is 0 Å². The summed E-state index contributed by atoms with van der Waals surface area (Å²) < 4.78 is 2.23. The van der Waals surface area contributed by atoms with Crippen LogP contribution in [-0.4, -0.2) is 10.6 Å². The first-order valence-electron chi connectivity index (χ1n) is 9.37. The second-order valence-electron chi connectivity index (χ2n) is 6.89. The van der Waals surface area contributed by atoms with Crippen LogP contribution in [0.1, 0.15) is 35.0 Å². The zero-order valence-electron chi connectivity index (χ0n) is 16.5. The second kappa shape index (κ2) is 8.12. The van der Waals surface area contributed by atoms with Crippen molar-refractivity contribution in [3.63, 3.8) is 0 Å². The third-order valence-electron chi connectivity index (χ3n) is 4.88. The number of anilines is 1. The molecule has 0 aliphatic carbocycles. The third kappa shape index (κ3) is 4.22. The zero-order chi connectivity index (χ0) is 19.4. The molecule has 1 heterocycles. The second-order valence-corrected chi connectivity index (χ2v) is 6.89. The maximum atomic E-state index is 12.3. The van der Waals surface area contributed by atoms with Gasteiger partial charge in [0.15, 0.2) is 0 Å². The molecule has 0 saturated carbocycles. The number of carbonyl (C=O) groups excluding carboxylic acids is 1. The molecule has 0 fully saturated rings. The van der Waals surface area contributed by atoms with E-state index in [4.69, 9.17) is 0 Å². The fourth-order valence-corrected chi connectivity index (χ4v) is 3.47. The quantitative estimate of drug-likeness (QED) is 0.637. The van der Waals surface area contributed by atoms with Gasteiger partial charge >= 0.3 is 6.03 Å². The van der Waals surface area contributed by atoms with Crippen LogP contribution in [0, 0.1) is 20.8 Å². The van der Waals surface area contributed by atoms with Crippen LogP contribution in [0.25, 0.3) is 5.69 Å². The molecule has 0 aliphatic heterocycles. The summed E-state index contributed by atoms with van der Waals surface area (Å²) in [7, 11) is 0. The largest absolute Gasteiger partial charge is 0.334 e. The van der Waals surface area contributed by atoms with E-state index in [1.165, 1.54) is 5.56 Å². The minimum Gasteiger partial charge on any atom is -0.334 e. The molecule has 0 unspecified atom stereocenters. The zero-order valence-corrected chi connectivity index (χ0v) is 16.5. The van der Waals surface area contributed by atoms with Gasteiger partial charge in [0.2, 0.25) is 0 Å². The maximum Gasteiger partial charge on any atom is 0.319 e. The number of rotatable bonds is 5. The molecule has 2 N–H and O–H groups in total. The molecule has 27 heavy (non-hydrogen) atoms. The number of carbonyl (C=O) groups is 1. The molecule has 3 rings (SSSR count). The van der Waals surface area contributed by atoms with Crippen LogP contribution in [-0.2, 0) is 13.0 Å². The van der Waals surface area contributed by atoms with Crippen molar-refractivity contribution in [2.75, 3.05) is 5.32 Å². The summed E-state index contributed by atoms with van der Waals surface area (Å²) in [6.45, 7) is 8.86. The van der Waals surface area contributed by atoms with E-state index in [-0.39, 0.29) is 6.03 Å². The summed E-state index contributed by atoms with van der Waals surface area (Å²) in [5.74, 6) is 0. The van der Waals surface area contributed by atoms with Gasteiger partial charge in [0.05, 0.1) is 0 Å². The molecule has 2 amide bonds. The van der Waals surface area contributed by atoms with E-state index in [0.717, 1.165) is 40.3 Å². The summed E-state index contributed by atoms with van der Waals surface area (Å²) in [6, 6.07) is 18.3. The first-order valence-corrected chi connectivity index (χ1v) is 9.37. The lowest BCUT2D eigenvalue weighted by Gasteiger charge is -2.12. The van der Waals surface area contributed by atoms with Crippen molar-refractivity contribution in [3.05, 3.63) is 82.7 Å². The van der Waals surface area contributed by atoms with Crippen LogP contribution in [0.4, 0.5) is 10.5 Å². The number of benzene rings is 2. The molecule has 4 heteroatoms. The predicted octanol–water partition coefficient (Wildman–Crippen LogP) is 5.29. The molecule has 3 aromatic rings. The molecular formula is C23H27N3O. The first-order chi connectivity index (χ1) is 13.0. The molecule has 0 radical (unpaired) electrons. The summed E-state index contributed by atoms with van der Waals surface area (Å²) in [5, 5.41) is 5.93. The monoisotopic (exact) mass is 361 g/mol. The number of nitrogens with zero attached hydrogens (tertiary/aromatic N) is 1. The van der Waals surface area contributed by atoms with E-state index in [9.17, 15) is 4.79 Å². The fourth-order valence-electron chi connectivity index (χ4n) is 3.47. The van der Waals surface area contributed by atoms with E-state index in [1.54, 1.807) is 0 Å². The Morgan fingerprint density at radius 3 is 2.48 bits per heavy atom. The van der Waals surface area contributed by atoms with Gasteiger partial charge in [-0.1, -0.05) is 37.3 Å². The van der Waals surface area contributed by atoms with Crippen molar-refractivity contribution >= 4 is 11.7 Å². The number of nitrogens with one attached hydrogen (secondary N) is 2. The Balaban J connectivity index is 1.71. The van der Waals surface area contributed by atoms with Crippen molar-refractivity contribution < 1.29 is 4.79 Å². The molecular weight excluding hydrogens is 334 g/mol. The fraction of sp³-hybridized carbons (Fsp3) is 0.261. The molecule has 0 aliphatic rings. The lowest BCUT2D eigenvalue weighted by Crippen LogP contribution is -2.28. The van der Waals surface area contributed by atoms with E-state index >= 15 is 0 Å². The number of aromatic nitrogens is 1. The lowest BCUT2D eigenvalue weighted by atomic mass is 10.1. The number of para-hydroxylation sites is 1. The molecule has 0 bridgehead atoms. The van der Waals surface area contributed by atoms with Gasteiger partial charge in [0, 0.05) is 29.3 Å². The van der Waals surface area contributed by atoms with Crippen molar-refractivity contribution in [2.45, 2.75) is 40.7 Å². The maximum absolute atomic E-state index is 12.3. The van der Waals surface area contributed by atoms with E-state index in [1.807, 2.05) is 24.3 Å². The molecule has 140 valence electrons. The Morgan fingerprint density at radius 1 is 0.963 bits per heavy atom. The predicted molar refractivity (Wildman–Crippen MR) is 112 cm³/mol. The van der Waals surface area contributed by atoms with Gasteiger partial charge in [-0.2, -0.15) is 0 Å². The topological polar surface area (TPSA) is 46.1 Å². The number of amides is 2. The van der Waals surface area contributed by atoms with Crippen molar-refractivity contribution in [2.24, 2.45) is 0 Å². The summed E-state index contributed by atoms with van der Waals surface area (Å²) in [6.07, 6.45) is 0.883. The van der Waals surface area contributed by atoms with E-state index < -0.39 is 0 Å². The van der Waals surface area contributed by atoms with Gasteiger partial charge in [-0.15, -0.1) is 0 Å². The van der Waals surface area contributed by atoms with Crippen LogP contribution in [0.15, 0.2) is 54.6 Å². The number of hydrogen-bond donors (Lipinski definition) is 2. The van der Waals surface area contributed by atoms with Gasteiger partial charge in [-0.05, 0) is 68.1 Å². The smallest absolute Gasteiger partial charge is 0.319 e. The highest BCUT2D eigenvalue weighted by Crippen LogP contribution is 2.21. The van der Waals surface area contributed by atoms with Gasteiger partial charge < -0.3 is 15.2 Å². The Labute approximate surface area is 161 Å². The highest BCUT2D eigenvalue weighted by atomic mass is 16.2. The van der Waals surface area contributed by atoms with Crippen molar-refractivity contribution in [1.29, 1.82) is 0 Å². The van der Waals surface area contributed by atoms with Crippen LogP contribution in [0.3, 0.4) is 0 Å². The van der Waals surface area contributed by atoms with Gasteiger partial charge in [-0.25, -0.2) is 4.79 Å². The number of hydrogen-bond acceptors (Lipinski definition) is 1. The normalized spacial score (nSPS) is 10.7. The molecule has 0 saturated heterocycles. The van der Waals surface area contributed by atoms with Crippen LogP contribution in [0.5, 0.6) is 0 Å². The summed E-state index contributed by atoms with van der Waals surface area (Å²) >= 11 is 0. The number of urea groups is 1. The standard InChI is InChI=1S/C23H27N3O/c1-5-19-10-6-7-12-22(19)25-23(27)24-15-20-14-17(3)26(18(20)4)21-11-8-9-16(2)13-21/h6-14H,5,15H2,1-4H3,(H2,24,25,27). The minimum absolute atomic E-state index is 0.184. The summed E-state index contributed by atoms with van der Waals surface area (Å²) in [4.78, 5) is 12.3. The van der Waals surface area contributed by atoms with E-state index in [2.05, 4.69) is 73.2 Å². The molecule has 0 spiro atoms. The third-order valence-corrected chi connectivity index (χ3v) is 4.88. The molecule has 0 atom stereocenters. The van der Waals surface area contributed by atoms with Gasteiger partial charge in [-0.3, -0.25) is 0 Å². The Kier molecular flexibility index (Phi) is 5.65. The van der Waals surface area contributed by atoms with Crippen molar-refractivity contribution in [3.8, 4) is 5.69 Å². The average molecular weight is 361 g/mol. The highest BCUT2D eigenvalue weighted by molar-refractivity contribution is 5.90. The highest BCUT2D eigenvalue weighted by Gasteiger charge is 2.12. The number of aryl methyl sites for hydroxylation is 3. The van der Waals surface area contributed by atoms with Gasteiger partial charge in [0.1, 0.15) is 0 Å². The molecule has 1 aromatic heterocycles. The Bertz CT molecular complexity index is 956. The Morgan fingerprint density at radius 2 is 1.74 bits per heavy atom. The average Bonchev–Trinajstić information content (AvgIpc) is 2.94. The van der Waals surface area contributed by atoms with Crippen molar-refractivity contribution in [1.82, 2.24) is 9.88 Å².